The van der Waals surface area contributed by atoms with Crippen molar-refractivity contribution in [3.05, 3.63) is 97.1 Å². The van der Waals surface area contributed by atoms with Gasteiger partial charge in [0.2, 0.25) is 0 Å². The molecule has 8 bridgehead atoms. The summed E-state index contributed by atoms with van der Waals surface area (Å²) >= 11 is 0. The molecule has 9 rings (SSSR count). The summed E-state index contributed by atoms with van der Waals surface area (Å²) in [6.45, 7) is 0. The number of halogens is 2. The molecular formula is C32H18AlCl2N8+. The van der Waals surface area contributed by atoms with Crippen molar-refractivity contribution in [1.82, 2.24) is 39.9 Å². The Bertz CT molecular complexity index is 2050. The normalized spacial score (nSPS) is 11.2. The molecule has 202 valence electrons. The van der Waals surface area contributed by atoms with Gasteiger partial charge in [-0.1, -0.05) is 97.1 Å². The third-order valence-corrected chi connectivity index (χ3v) is 7.46. The minimum absolute atomic E-state index is 0. The van der Waals surface area contributed by atoms with Crippen LogP contribution in [0.4, 0.5) is 0 Å². The Morgan fingerprint density at radius 2 is 0.558 bits per heavy atom. The van der Waals surface area contributed by atoms with Crippen LogP contribution in [-0.2, 0) is 0 Å². The third kappa shape index (κ3) is 4.37. The van der Waals surface area contributed by atoms with E-state index in [1.807, 2.05) is 97.1 Å². The number of aromatic amines is 2. The predicted molar refractivity (Wildman–Crippen MR) is 162 cm³/mol. The number of H-pyrrole nitrogens is 2. The summed E-state index contributed by atoms with van der Waals surface area (Å²) in [5.74, 6) is 2.39. The molecule has 2 N–H and O–H groups in total. The van der Waals surface area contributed by atoms with Crippen LogP contribution in [0.1, 0.15) is 0 Å². The van der Waals surface area contributed by atoms with E-state index in [0.29, 0.717) is 45.9 Å². The molecule has 0 spiro atoms. The van der Waals surface area contributed by atoms with E-state index >= 15 is 0 Å². The zero-order valence-electron chi connectivity index (χ0n) is 22.3. The largest absolute Gasteiger partial charge is 3.00 e. The van der Waals surface area contributed by atoms with Gasteiger partial charge in [-0.3, -0.25) is 0 Å². The van der Waals surface area contributed by atoms with Gasteiger partial charge in [-0.2, -0.15) is 0 Å². The van der Waals surface area contributed by atoms with Gasteiger partial charge in [-0.05, 0) is 0 Å². The molecule has 0 saturated carbocycles. The molecule has 0 aliphatic carbocycles. The van der Waals surface area contributed by atoms with Crippen LogP contribution < -0.4 is 24.8 Å². The Kier molecular flexibility index (Phi) is 7.20. The van der Waals surface area contributed by atoms with Crippen molar-refractivity contribution in [2.45, 2.75) is 0 Å². The minimum atomic E-state index is 0. The summed E-state index contributed by atoms with van der Waals surface area (Å²) in [5, 5.41) is 3.82. The van der Waals surface area contributed by atoms with E-state index in [9.17, 15) is 0 Å². The quantitative estimate of drug-likeness (QED) is 0.242. The average molecular weight is 612 g/mol. The summed E-state index contributed by atoms with van der Waals surface area (Å²) in [6.07, 6.45) is 0. The zero-order chi connectivity index (χ0) is 26.2. The van der Waals surface area contributed by atoms with Gasteiger partial charge in [-0.25, -0.2) is 29.9 Å². The molecule has 2 aliphatic heterocycles. The molecule has 4 aromatic carbocycles. The van der Waals surface area contributed by atoms with Crippen LogP contribution in [0.2, 0.25) is 0 Å². The van der Waals surface area contributed by atoms with Gasteiger partial charge in [-0.15, -0.1) is 0 Å². The van der Waals surface area contributed by atoms with Crippen LogP contribution in [0, 0.1) is 0 Å². The second-order valence-corrected chi connectivity index (χ2v) is 9.79. The smallest absolute Gasteiger partial charge is 1.00 e. The molecule has 11 heteroatoms. The molecule has 0 unspecified atom stereocenters. The molecule has 0 radical (unpaired) electrons. The van der Waals surface area contributed by atoms with Gasteiger partial charge in [0.1, 0.15) is 22.6 Å². The van der Waals surface area contributed by atoms with Gasteiger partial charge in [0.25, 0.3) is 0 Å². The van der Waals surface area contributed by atoms with Crippen molar-refractivity contribution < 1.29 is 24.8 Å². The Labute approximate surface area is 267 Å². The van der Waals surface area contributed by atoms with Crippen molar-refractivity contribution >= 4 is 61.5 Å². The van der Waals surface area contributed by atoms with Gasteiger partial charge >= 0.3 is 17.4 Å². The van der Waals surface area contributed by atoms with E-state index in [0.717, 1.165) is 43.8 Å². The maximum Gasteiger partial charge on any atom is 3.00 e. The maximum absolute atomic E-state index is 5.02. The van der Waals surface area contributed by atoms with Gasteiger partial charge in [0.15, 0.2) is 23.3 Å². The Hall–Kier alpha value is -4.65. The number of nitrogens with one attached hydrogen (secondary N) is 2. The first-order chi connectivity index (χ1) is 19.8. The van der Waals surface area contributed by atoms with Crippen LogP contribution in [0.15, 0.2) is 97.1 Å². The number of fused-ring (bicyclic) bond motifs is 20. The second kappa shape index (κ2) is 10.9. The predicted octanol–water partition coefficient (Wildman–Crippen LogP) is 0.496. The van der Waals surface area contributed by atoms with Crippen LogP contribution in [0.3, 0.4) is 0 Å². The summed E-state index contributed by atoms with van der Waals surface area (Å²) in [7, 11) is 0. The van der Waals surface area contributed by atoms with Gasteiger partial charge in [0.05, 0.1) is 0 Å². The number of benzene rings is 4. The first-order valence-corrected chi connectivity index (χ1v) is 13.0. The first kappa shape index (κ1) is 28.5. The SMILES string of the molecule is [Al+3].[Cl-].[Cl-].c1ccc2c(c1)-c1nc-2nc2[nH]c(nc3nc(nc4[nH]c(n1)c1ccccc41)-c1ccccc1-3)c1ccccc21. The third-order valence-electron chi connectivity index (χ3n) is 7.46. The van der Waals surface area contributed by atoms with Crippen molar-refractivity contribution in [3.63, 3.8) is 0 Å². The van der Waals surface area contributed by atoms with Crippen LogP contribution in [0.25, 0.3) is 89.7 Å². The number of rotatable bonds is 0. The standard InChI is InChI=1S/C32H18N8.Al.2ClH/c1-2-10-18-17(9-1)25-33-26(18)38-28-21-13-5-6-14-22(21)30(35-28)40-32-24-16-8-7-15-23(24)31(36-32)39-29-20-12-4-3-11-19(20)27(34-29)37-25;;;/h1-16H,(H2,33,34,35,36,37,38,39,40);;2*1H/q;+3;;/p-2. The first-order valence-electron chi connectivity index (χ1n) is 13.0. The molecule has 7 aromatic rings. The monoisotopic (exact) mass is 611 g/mol. The molecular weight excluding hydrogens is 594 g/mol. The molecule has 0 fully saturated rings. The Balaban J connectivity index is 0.00000110. The van der Waals surface area contributed by atoms with Crippen LogP contribution in [-0.4, -0.2) is 57.2 Å². The number of hydrogen-bond acceptors (Lipinski definition) is 6. The van der Waals surface area contributed by atoms with Crippen molar-refractivity contribution in [1.29, 1.82) is 0 Å². The van der Waals surface area contributed by atoms with E-state index in [2.05, 4.69) is 9.97 Å². The fourth-order valence-corrected chi connectivity index (χ4v) is 5.59. The molecule has 0 atom stereocenters. The minimum Gasteiger partial charge on any atom is -1.00 e. The molecule has 0 amide bonds. The molecule has 8 nitrogen and oxygen atoms in total. The van der Waals surface area contributed by atoms with E-state index < -0.39 is 0 Å². The Morgan fingerprint density at radius 1 is 0.326 bits per heavy atom. The van der Waals surface area contributed by atoms with Crippen molar-refractivity contribution in [2.24, 2.45) is 0 Å². The average Bonchev–Trinajstić information content (AvgIpc) is 3.73. The Morgan fingerprint density at radius 3 is 0.814 bits per heavy atom. The summed E-state index contributed by atoms with van der Waals surface area (Å²) in [4.78, 5) is 36.8. The summed E-state index contributed by atoms with van der Waals surface area (Å²) in [5.41, 5.74) is 6.45. The topological polar surface area (TPSA) is 109 Å². The van der Waals surface area contributed by atoms with Crippen molar-refractivity contribution in [3.8, 4) is 45.6 Å². The number of nitrogens with zero attached hydrogens (tertiary/aromatic N) is 6. The molecule has 0 saturated heterocycles. The van der Waals surface area contributed by atoms with E-state index in [1.165, 1.54) is 0 Å². The maximum atomic E-state index is 5.02. The van der Waals surface area contributed by atoms with Crippen LogP contribution >= 0.6 is 0 Å². The number of aromatic nitrogens is 8. The number of hydrogen-bond donors (Lipinski definition) is 2. The summed E-state index contributed by atoms with van der Waals surface area (Å²) < 4.78 is 0. The van der Waals surface area contributed by atoms with E-state index in [4.69, 9.17) is 29.9 Å². The fraction of sp³-hybridized carbons (Fsp3) is 0. The zero-order valence-corrected chi connectivity index (χ0v) is 24.9. The molecule has 43 heavy (non-hydrogen) atoms. The van der Waals surface area contributed by atoms with Crippen molar-refractivity contribution in [2.75, 3.05) is 0 Å². The molecule has 3 aromatic heterocycles. The second-order valence-electron chi connectivity index (χ2n) is 9.79. The van der Waals surface area contributed by atoms with Gasteiger partial charge in [0, 0.05) is 43.8 Å². The van der Waals surface area contributed by atoms with Crippen LogP contribution in [0.5, 0.6) is 0 Å². The fourth-order valence-electron chi connectivity index (χ4n) is 5.59. The molecule has 2 aliphatic rings. The molecule has 5 heterocycles. The van der Waals surface area contributed by atoms with Gasteiger partial charge < -0.3 is 34.8 Å². The van der Waals surface area contributed by atoms with E-state index in [-0.39, 0.29) is 42.2 Å². The summed E-state index contributed by atoms with van der Waals surface area (Å²) in [6, 6.07) is 32.2. The van der Waals surface area contributed by atoms with E-state index in [1.54, 1.807) is 0 Å².